The van der Waals surface area contributed by atoms with E-state index in [1.165, 1.54) is 54.3 Å². The Labute approximate surface area is 177 Å². The summed E-state index contributed by atoms with van der Waals surface area (Å²) in [5.74, 6) is 1.54. The van der Waals surface area contributed by atoms with Crippen LogP contribution in [0.5, 0.6) is 0 Å². The second-order valence-corrected chi connectivity index (χ2v) is 10.2. The molecule has 29 heavy (non-hydrogen) atoms. The first-order valence-corrected chi connectivity index (χ1v) is 12.2. The highest BCUT2D eigenvalue weighted by Gasteiger charge is 2.32. The van der Waals surface area contributed by atoms with Crippen molar-refractivity contribution in [3.05, 3.63) is 39.6 Å². The Hall–Kier alpha value is -1.99. The Bertz CT molecular complexity index is 1070. The van der Waals surface area contributed by atoms with Gasteiger partial charge in [-0.2, -0.15) is 0 Å². The Kier molecular flexibility index (Phi) is 5.26. The van der Waals surface area contributed by atoms with Gasteiger partial charge < -0.3 is 5.32 Å². The molecule has 0 spiro atoms. The Morgan fingerprint density at radius 2 is 2.03 bits per heavy atom. The van der Waals surface area contributed by atoms with Crippen molar-refractivity contribution >= 4 is 38.8 Å². The van der Waals surface area contributed by atoms with Crippen LogP contribution in [0.4, 0.5) is 0 Å². The maximum Gasteiger partial charge on any atom is 0.263 e. The van der Waals surface area contributed by atoms with Gasteiger partial charge in [-0.15, -0.1) is 22.7 Å². The van der Waals surface area contributed by atoms with Crippen LogP contribution in [0.3, 0.4) is 0 Å². The molecule has 2 aliphatic carbocycles. The van der Waals surface area contributed by atoms with E-state index in [-0.39, 0.29) is 24.1 Å². The Morgan fingerprint density at radius 3 is 2.86 bits per heavy atom. The minimum absolute atomic E-state index is 0.0338. The molecule has 2 saturated carbocycles. The van der Waals surface area contributed by atoms with Gasteiger partial charge in [-0.3, -0.25) is 14.2 Å². The number of amides is 1. The summed E-state index contributed by atoms with van der Waals surface area (Å²) in [5, 5.41) is 7.80. The topological polar surface area (TPSA) is 64.0 Å². The number of hydrogen-bond donors (Lipinski definition) is 1. The van der Waals surface area contributed by atoms with Crippen molar-refractivity contribution in [3.63, 3.8) is 0 Å². The van der Waals surface area contributed by atoms with Crippen LogP contribution in [0.1, 0.15) is 44.9 Å². The normalized spacial score (nSPS) is 24.3. The molecular weight excluding hydrogens is 402 g/mol. The maximum absolute atomic E-state index is 13.1. The minimum atomic E-state index is -0.134. The van der Waals surface area contributed by atoms with Gasteiger partial charge in [0.15, 0.2) is 0 Å². The van der Waals surface area contributed by atoms with E-state index in [1.807, 2.05) is 22.9 Å². The van der Waals surface area contributed by atoms with E-state index in [0.717, 1.165) is 39.9 Å². The fourth-order valence-electron chi connectivity index (χ4n) is 5.13. The van der Waals surface area contributed by atoms with E-state index in [2.05, 4.69) is 10.3 Å². The molecule has 0 aliphatic heterocycles. The van der Waals surface area contributed by atoms with Gasteiger partial charge in [-0.05, 0) is 42.5 Å². The average Bonchev–Trinajstić information content (AvgIpc) is 3.40. The summed E-state index contributed by atoms with van der Waals surface area (Å²) in [6.45, 7) is 0.0338. The first-order chi connectivity index (χ1) is 14.2. The molecule has 2 fully saturated rings. The molecule has 5 nitrogen and oxygen atoms in total. The van der Waals surface area contributed by atoms with Gasteiger partial charge in [-0.1, -0.05) is 31.7 Å². The number of rotatable bonds is 4. The summed E-state index contributed by atoms with van der Waals surface area (Å²) >= 11 is 3.08. The monoisotopic (exact) mass is 427 g/mol. The number of thiophene rings is 2. The van der Waals surface area contributed by atoms with Crippen molar-refractivity contribution in [1.82, 2.24) is 14.9 Å². The standard InChI is InChI=1S/C22H25N3O2S2/c26-19(24-16-8-7-14-4-1-2-5-15(14)10-16)11-25-13-23-21-20(22(25)27)17(12-29-21)18-6-3-9-28-18/h3,6,9,12-16H,1-2,4-5,7-8,10-11H2,(H,24,26)/t14-,15-,16+/m0/s1. The van der Waals surface area contributed by atoms with Crippen LogP contribution in [0.25, 0.3) is 20.7 Å². The fraction of sp³-hybridized carbons (Fsp3) is 0.500. The van der Waals surface area contributed by atoms with Crippen molar-refractivity contribution in [2.45, 2.75) is 57.5 Å². The minimum Gasteiger partial charge on any atom is -0.352 e. The van der Waals surface area contributed by atoms with Gasteiger partial charge in [0, 0.05) is 21.9 Å². The summed E-state index contributed by atoms with van der Waals surface area (Å²) in [7, 11) is 0. The largest absolute Gasteiger partial charge is 0.352 e. The molecule has 3 aromatic heterocycles. The quantitative estimate of drug-likeness (QED) is 0.658. The zero-order chi connectivity index (χ0) is 19.8. The number of nitrogens with zero attached hydrogens (tertiary/aromatic N) is 2. The lowest BCUT2D eigenvalue weighted by atomic mass is 9.69. The van der Waals surface area contributed by atoms with E-state index >= 15 is 0 Å². The van der Waals surface area contributed by atoms with Gasteiger partial charge in [0.2, 0.25) is 5.91 Å². The second kappa shape index (κ2) is 8.03. The molecule has 3 aromatic rings. The number of hydrogen-bond acceptors (Lipinski definition) is 5. The van der Waals surface area contributed by atoms with Crippen LogP contribution in [-0.2, 0) is 11.3 Å². The van der Waals surface area contributed by atoms with Crippen molar-refractivity contribution < 1.29 is 4.79 Å². The molecule has 0 unspecified atom stereocenters. The molecule has 0 bridgehead atoms. The molecule has 1 amide bonds. The lowest BCUT2D eigenvalue weighted by Crippen LogP contribution is -2.43. The fourth-order valence-corrected chi connectivity index (χ4v) is 6.85. The zero-order valence-corrected chi connectivity index (χ0v) is 17.9. The summed E-state index contributed by atoms with van der Waals surface area (Å²) < 4.78 is 1.45. The predicted molar refractivity (Wildman–Crippen MR) is 118 cm³/mol. The maximum atomic E-state index is 13.1. The summed E-state index contributed by atoms with van der Waals surface area (Å²) in [6, 6.07) is 4.24. The molecule has 2 aliphatic rings. The predicted octanol–water partition coefficient (Wildman–Crippen LogP) is 4.66. The molecule has 0 aromatic carbocycles. The number of nitrogens with one attached hydrogen (secondary N) is 1. The van der Waals surface area contributed by atoms with Crippen LogP contribution >= 0.6 is 22.7 Å². The molecule has 152 valence electrons. The Balaban J connectivity index is 1.31. The highest BCUT2D eigenvalue weighted by atomic mass is 32.1. The summed E-state index contributed by atoms with van der Waals surface area (Å²) in [6.07, 6.45) is 10.3. The highest BCUT2D eigenvalue weighted by molar-refractivity contribution is 7.18. The molecule has 5 rings (SSSR count). The number of carbonyl (C=O) groups excluding carboxylic acids is 1. The molecule has 7 heteroatoms. The van der Waals surface area contributed by atoms with Crippen LogP contribution in [-0.4, -0.2) is 21.5 Å². The molecular formula is C22H25N3O2S2. The summed E-state index contributed by atoms with van der Waals surface area (Å²) in [5.41, 5.74) is 0.786. The van der Waals surface area contributed by atoms with Gasteiger partial charge in [0.05, 0.1) is 11.7 Å². The third-order valence-electron chi connectivity index (χ3n) is 6.57. The lowest BCUT2D eigenvalue weighted by Gasteiger charge is -2.39. The van der Waals surface area contributed by atoms with Crippen molar-refractivity contribution in [3.8, 4) is 10.4 Å². The lowest BCUT2D eigenvalue weighted by molar-refractivity contribution is -0.122. The third kappa shape index (κ3) is 3.78. The smallest absolute Gasteiger partial charge is 0.263 e. The van der Waals surface area contributed by atoms with Crippen LogP contribution < -0.4 is 10.9 Å². The van der Waals surface area contributed by atoms with Gasteiger partial charge >= 0.3 is 0 Å². The molecule has 1 N–H and O–H groups in total. The van der Waals surface area contributed by atoms with E-state index in [4.69, 9.17) is 0 Å². The highest BCUT2D eigenvalue weighted by Crippen LogP contribution is 2.40. The second-order valence-electron chi connectivity index (χ2n) is 8.37. The van der Waals surface area contributed by atoms with Crippen LogP contribution in [0, 0.1) is 11.8 Å². The SMILES string of the molecule is O=C(Cn1cnc2scc(-c3cccs3)c2c1=O)N[C@@H]1CC[C@@H]2CCCC[C@H]2C1. The Morgan fingerprint density at radius 1 is 1.17 bits per heavy atom. The van der Waals surface area contributed by atoms with Crippen molar-refractivity contribution in [1.29, 1.82) is 0 Å². The van der Waals surface area contributed by atoms with E-state index < -0.39 is 0 Å². The van der Waals surface area contributed by atoms with Gasteiger partial charge in [0.25, 0.3) is 5.56 Å². The third-order valence-corrected chi connectivity index (χ3v) is 8.36. The number of fused-ring (bicyclic) bond motifs is 2. The van der Waals surface area contributed by atoms with E-state index in [1.54, 1.807) is 11.3 Å². The van der Waals surface area contributed by atoms with Crippen molar-refractivity contribution in [2.24, 2.45) is 11.8 Å². The summed E-state index contributed by atoms with van der Waals surface area (Å²) in [4.78, 5) is 32.0. The first-order valence-electron chi connectivity index (χ1n) is 10.5. The molecule has 3 atom stereocenters. The molecule has 3 heterocycles. The first kappa shape index (κ1) is 19.0. The van der Waals surface area contributed by atoms with Gasteiger partial charge in [-0.25, -0.2) is 4.98 Å². The zero-order valence-electron chi connectivity index (χ0n) is 16.3. The van der Waals surface area contributed by atoms with Crippen LogP contribution in [0.15, 0.2) is 34.0 Å². The van der Waals surface area contributed by atoms with Crippen LogP contribution in [0.2, 0.25) is 0 Å². The average molecular weight is 428 g/mol. The number of carbonyl (C=O) groups is 1. The molecule has 0 saturated heterocycles. The van der Waals surface area contributed by atoms with Crippen molar-refractivity contribution in [2.75, 3.05) is 0 Å². The number of aromatic nitrogens is 2. The van der Waals surface area contributed by atoms with E-state index in [9.17, 15) is 9.59 Å². The molecule has 0 radical (unpaired) electrons. The van der Waals surface area contributed by atoms with E-state index in [0.29, 0.717) is 5.39 Å². The van der Waals surface area contributed by atoms with Gasteiger partial charge in [0.1, 0.15) is 11.4 Å².